The molecule has 1 aromatic rings. The van der Waals surface area contributed by atoms with E-state index in [4.69, 9.17) is 14.2 Å². The second kappa shape index (κ2) is 3.97. The Morgan fingerprint density at radius 3 is 2.56 bits per heavy atom. The van der Waals surface area contributed by atoms with Crippen LogP contribution in [-0.4, -0.2) is 25.7 Å². The number of hydrogen-bond donors (Lipinski definition) is 0. The molecule has 0 saturated carbocycles. The lowest BCUT2D eigenvalue weighted by atomic mass is 10.1. The third-order valence-electron chi connectivity index (χ3n) is 2.38. The van der Waals surface area contributed by atoms with Crippen LogP contribution in [0.3, 0.4) is 0 Å². The lowest BCUT2D eigenvalue weighted by Gasteiger charge is -2.09. The van der Waals surface area contributed by atoms with Crippen molar-refractivity contribution < 1.29 is 19.1 Å². The Morgan fingerprint density at radius 2 is 2.12 bits per heavy atom. The number of epoxide rings is 1. The molecule has 86 valence electrons. The Bertz CT molecular complexity index is 427. The molecule has 0 amide bonds. The van der Waals surface area contributed by atoms with Gasteiger partial charge in [0.05, 0.1) is 25.7 Å². The molecule has 0 radical (unpaired) electrons. The molecule has 1 atom stereocenters. The van der Waals surface area contributed by atoms with Crippen LogP contribution in [0.2, 0.25) is 0 Å². The van der Waals surface area contributed by atoms with Crippen molar-refractivity contribution >= 4 is 5.69 Å². The minimum absolute atomic E-state index is 0.0569. The second-order valence-electron chi connectivity index (χ2n) is 3.35. The molecule has 6 heteroatoms. The van der Waals surface area contributed by atoms with E-state index in [1.54, 1.807) is 6.07 Å². The first-order valence-electron chi connectivity index (χ1n) is 4.69. The van der Waals surface area contributed by atoms with E-state index in [0.717, 1.165) is 5.56 Å². The predicted octanol–water partition coefficient (Wildman–Crippen LogP) is 1.68. The van der Waals surface area contributed by atoms with Gasteiger partial charge in [0.1, 0.15) is 6.10 Å². The summed E-state index contributed by atoms with van der Waals surface area (Å²) in [4.78, 5) is 10.4. The summed E-state index contributed by atoms with van der Waals surface area (Å²) in [6.45, 7) is 0.590. The Hall–Kier alpha value is -1.82. The summed E-state index contributed by atoms with van der Waals surface area (Å²) in [5, 5.41) is 10.9. The van der Waals surface area contributed by atoms with Crippen molar-refractivity contribution in [2.24, 2.45) is 0 Å². The number of ether oxygens (including phenoxy) is 3. The predicted molar refractivity (Wildman–Crippen MR) is 54.9 cm³/mol. The third kappa shape index (κ3) is 1.79. The molecule has 1 heterocycles. The molecule has 1 saturated heterocycles. The molecule has 0 spiro atoms. The molecule has 1 aromatic carbocycles. The largest absolute Gasteiger partial charge is 0.493 e. The molecule has 6 nitrogen and oxygen atoms in total. The smallest absolute Gasteiger partial charge is 0.315 e. The van der Waals surface area contributed by atoms with E-state index < -0.39 is 4.92 Å². The van der Waals surface area contributed by atoms with Gasteiger partial charge in [-0.3, -0.25) is 10.1 Å². The highest BCUT2D eigenvalue weighted by atomic mass is 16.6. The minimum Gasteiger partial charge on any atom is -0.493 e. The van der Waals surface area contributed by atoms with Gasteiger partial charge in [-0.2, -0.15) is 0 Å². The summed E-state index contributed by atoms with van der Waals surface area (Å²) >= 11 is 0. The van der Waals surface area contributed by atoms with Gasteiger partial charge in [0.2, 0.25) is 5.75 Å². The lowest BCUT2D eigenvalue weighted by molar-refractivity contribution is -0.385. The highest BCUT2D eigenvalue weighted by molar-refractivity contribution is 5.58. The summed E-state index contributed by atoms with van der Waals surface area (Å²) in [6, 6.07) is 3.16. The van der Waals surface area contributed by atoms with Gasteiger partial charge in [-0.15, -0.1) is 0 Å². The minimum atomic E-state index is -0.493. The molecule has 2 rings (SSSR count). The second-order valence-corrected chi connectivity index (χ2v) is 3.35. The number of methoxy groups -OCH3 is 2. The van der Waals surface area contributed by atoms with Gasteiger partial charge in [0.15, 0.2) is 5.75 Å². The van der Waals surface area contributed by atoms with E-state index >= 15 is 0 Å². The molecular weight excluding hydrogens is 214 g/mol. The SMILES string of the molecule is COc1cc([C@@H]2CO2)cc([N+](=O)[O-])c1OC. The zero-order valence-corrected chi connectivity index (χ0v) is 8.93. The fourth-order valence-corrected chi connectivity index (χ4v) is 1.53. The van der Waals surface area contributed by atoms with Crippen molar-refractivity contribution in [3.05, 3.63) is 27.8 Å². The van der Waals surface area contributed by atoms with E-state index in [1.807, 2.05) is 0 Å². The molecule has 1 aliphatic rings. The monoisotopic (exact) mass is 225 g/mol. The van der Waals surface area contributed by atoms with Gasteiger partial charge in [-0.1, -0.05) is 0 Å². The average molecular weight is 225 g/mol. The van der Waals surface area contributed by atoms with Crippen LogP contribution in [0.1, 0.15) is 11.7 Å². The maximum Gasteiger partial charge on any atom is 0.315 e. The summed E-state index contributed by atoms with van der Waals surface area (Å²) in [5.74, 6) is 0.485. The molecule has 0 unspecified atom stereocenters. The van der Waals surface area contributed by atoms with Crippen LogP contribution < -0.4 is 9.47 Å². The zero-order chi connectivity index (χ0) is 11.7. The van der Waals surface area contributed by atoms with E-state index in [2.05, 4.69) is 0 Å². The number of nitrogens with zero attached hydrogens (tertiary/aromatic N) is 1. The van der Waals surface area contributed by atoms with Gasteiger partial charge in [0.25, 0.3) is 0 Å². The maximum absolute atomic E-state index is 10.9. The van der Waals surface area contributed by atoms with Crippen molar-refractivity contribution in [1.82, 2.24) is 0 Å². The maximum atomic E-state index is 10.9. The number of rotatable bonds is 4. The van der Waals surface area contributed by atoms with E-state index in [9.17, 15) is 10.1 Å². The molecule has 0 N–H and O–H groups in total. The van der Waals surface area contributed by atoms with Crippen LogP contribution in [0.4, 0.5) is 5.69 Å². The van der Waals surface area contributed by atoms with Gasteiger partial charge in [-0.05, 0) is 11.6 Å². The van der Waals surface area contributed by atoms with Crippen molar-refractivity contribution in [3.8, 4) is 11.5 Å². The first kappa shape index (κ1) is 10.7. The molecular formula is C10H11NO5. The molecule has 0 aromatic heterocycles. The van der Waals surface area contributed by atoms with Crippen LogP contribution >= 0.6 is 0 Å². The van der Waals surface area contributed by atoms with Gasteiger partial charge in [-0.25, -0.2) is 0 Å². The van der Waals surface area contributed by atoms with Crippen LogP contribution in [0, 0.1) is 10.1 Å². The van der Waals surface area contributed by atoms with Crippen LogP contribution in [0.5, 0.6) is 11.5 Å². The summed E-state index contributed by atoms with van der Waals surface area (Å²) in [7, 11) is 2.82. The number of benzene rings is 1. The number of nitro groups is 1. The fraction of sp³-hybridized carbons (Fsp3) is 0.400. The first-order valence-corrected chi connectivity index (χ1v) is 4.69. The Labute approximate surface area is 91.9 Å². The number of hydrogen-bond acceptors (Lipinski definition) is 5. The molecule has 1 aliphatic heterocycles. The lowest BCUT2D eigenvalue weighted by Crippen LogP contribution is -1.98. The first-order chi connectivity index (χ1) is 7.67. The van der Waals surface area contributed by atoms with Crippen molar-refractivity contribution in [3.63, 3.8) is 0 Å². The van der Waals surface area contributed by atoms with Crippen molar-refractivity contribution in [1.29, 1.82) is 0 Å². The van der Waals surface area contributed by atoms with E-state index in [0.29, 0.717) is 12.4 Å². The zero-order valence-electron chi connectivity index (χ0n) is 8.93. The van der Waals surface area contributed by atoms with Crippen molar-refractivity contribution in [2.75, 3.05) is 20.8 Å². The van der Waals surface area contributed by atoms with Crippen LogP contribution in [-0.2, 0) is 4.74 Å². The topological polar surface area (TPSA) is 74.1 Å². The molecule has 0 bridgehead atoms. The summed E-state index contributed by atoms with van der Waals surface area (Å²) < 4.78 is 15.1. The molecule has 1 fully saturated rings. The Kier molecular flexibility index (Phi) is 2.66. The van der Waals surface area contributed by atoms with Gasteiger partial charge < -0.3 is 14.2 Å². The normalized spacial score (nSPS) is 18.0. The molecule has 16 heavy (non-hydrogen) atoms. The van der Waals surface area contributed by atoms with Crippen LogP contribution in [0.25, 0.3) is 0 Å². The highest BCUT2D eigenvalue weighted by Gasteiger charge is 2.30. The van der Waals surface area contributed by atoms with Gasteiger partial charge in [0, 0.05) is 6.07 Å². The average Bonchev–Trinajstić information content (AvgIpc) is 3.10. The Morgan fingerprint density at radius 1 is 1.44 bits per heavy atom. The highest BCUT2D eigenvalue weighted by Crippen LogP contribution is 2.42. The van der Waals surface area contributed by atoms with E-state index in [1.165, 1.54) is 20.3 Å². The fourth-order valence-electron chi connectivity index (χ4n) is 1.53. The summed E-state index contributed by atoms with van der Waals surface area (Å²) in [5.41, 5.74) is 0.636. The number of nitro benzene ring substituents is 1. The van der Waals surface area contributed by atoms with Crippen molar-refractivity contribution in [2.45, 2.75) is 6.10 Å². The van der Waals surface area contributed by atoms with E-state index in [-0.39, 0.29) is 17.5 Å². The quantitative estimate of drug-likeness (QED) is 0.442. The summed E-state index contributed by atoms with van der Waals surface area (Å²) in [6.07, 6.45) is -0.0569. The molecule has 0 aliphatic carbocycles. The van der Waals surface area contributed by atoms with Gasteiger partial charge >= 0.3 is 5.69 Å². The standard InChI is InChI=1S/C10H11NO5/c1-14-8-4-6(9-5-16-9)3-7(11(12)13)10(8)15-2/h3-4,9H,5H2,1-2H3/t9-/m0/s1. The van der Waals surface area contributed by atoms with Crippen LogP contribution in [0.15, 0.2) is 12.1 Å². The third-order valence-corrected chi connectivity index (χ3v) is 2.38. The Balaban J connectivity index is 2.54.